The van der Waals surface area contributed by atoms with E-state index >= 15 is 0 Å². The van der Waals surface area contributed by atoms with Gasteiger partial charge in [-0.15, -0.1) is 0 Å². The Bertz CT molecular complexity index is 437. The van der Waals surface area contributed by atoms with Crippen molar-refractivity contribution in [3.8, 4) is 0 Å². The second-order valence-electron chi connectivity index (χ2n) is 3.84. The van der Waals surface area contributed by atoms with Crippen LogP contribution in [0.25, 0.3) is 0 Å². The van der Waals surface area contributed by atoms with Gasteiger partial charge in [-0.05, 0) is 18.6 Å². The predicted octanol–water partition coefficient (Wildman–Crippen LogP) is 0.978. The van der Waals surface area contributed by atoms with E-state index < -0.39 is 4.92 Å². The number of rotatable bonds is 5. The van der Waals surface area contributed by atoms with Crippen LogP contribution in [-0.4, -0.2) is 32.4 Å². The Hall–Kier alpha value is -1.61. The fourth-order valence-corrected chi connectivity index (χ4v) is 3.00. The average molecular weight is 270 g/mol. The van der Waals surface area contributed by atoms with Crippen molar-refractivity contribution in [1.29, 1.82) is 0 Å². The van der Waals surface area contributed by atoms with Crippen LogP contribution in [0.5, 0.6) is 0 Å². The van der Waals surface area contributed by atoms with Gasteiger partial charge in [0.25, 0.3) is 0 Å². The molecule has 1 atom stereocenters. The Balaban J connectivity index is 2.13. The zero-order valence-corrected chi connectivity index (χ0v) is 10.4. The number of nitrogens with zero attached hydrogens (tertiary/aromatic N) is 3. The zero-order chi connectivity index (χ0) is 13.0. The van der Waals surface area contributed by atoms with Crippen molar-refractivity contribution in [3.05, 3.63) is 16.4 Å². The van der Waals surface area contributed by atoms with Gasteiger partial charge in [0.2, 0.25) is 11.6 Å². The Labute approximate surface area is 108 Å². The summed E-state index contributed by atoms with van der Waals surface area (Å²) in [5.74, 6) is 6.56. The number of hydrogen-bond acceptors (Lipinski definition) is 8. The highest BCUT2D eigenvalue weighted by Gasteiger charge is 2.23. The molecule has 0 aromatic carbocycles. The maximum Gasteiger partial charge on any atom is 0.354 e. The Morgan fingerprint density at radius 1 is 1.56 bits per heavy atom. The number of thioether (sulfide) groups is 1. The molecule has 1 fully saturated rings. The molecule has 1 aliphatic rings. The predicted molar refractivity (Wildman–Crippen MR) is 70.5 cm³/mol. The minimum absolute atomic E-state index is 0.0107. The highest BCUT2D eigenvalue weighted by Crippen LogP contribution is 2.30. The van der Waals surface area contributed by atoms with Gasteiger partial charge >= 0.3 is 5.69 Å². The minimum atomic E-state index is -0.542. The Morgan fingerprint density at radius 3 is 2.94 bits per heavy atom. The molecule has 0 saturated carbocycles. The lowest BCUT2D eigenvalue weighted by atomic mass is 10.2. The van der Waals surface area contributed by atoms with Gasteiger partial charge in [-0.25, -0.2) is 15.8 Å². The van der Waals surface area contributed by atoms with Crippen LogP contribution < -0.4 is 16.6 Å². The van der Waals surface area contributed by atoms with E-state index in [0.717, 1.165) is 12.2 Å². The molecule has 2 rings (SSSR count). The highest BCUT2D eigenvalue weighted by atomic mass is 32.2. The van der Waals surface area contributed by atoms with Gasteiger partial charge in [0.15, 0.2) is 0 Å². The number of nitro groups is 1. The van der Waals surface area contributed by atoms with Crippen LogP contribution in [0, 0.1) is 10.1 Å². The smallest absolute Gasteiger partial charge is 0.354 e. The molecule has 0 spiro atoms. The summed E-state index contributed by atoms with van der Waals surface area (Å²) in [6, 6.07) is 0. The maximum absolute atomic E-state index is 11.0. The number of hydrogen-bond donors (Lipinski definition) is 3. The maximum atomic E-state index is 11.0. The third kappa shape index (κ3) is 2.79. The van der Waals surface area contributed by atoms with Gasteiger partial charge in [-0.2, -0.15) is 11.8 Å². The monoisotopic (exact) mass is 270 g/mol. The lowest BCUT2D eigenvalue weighted by Crippen LogP contribution is -2.17. The van der Waals surface area contributed by atoms with Crippen LogP contribution >= 0.6 is 11.8 Å². The van der Waals surface area contributed by atoms with E-state index in [1.165, 1.54) is 12.7 Å². The van der Waals surface area contributed by atoms with Gasteiger partial charge in [-0.1, -0.05) is 0 Å². The molecule has 0 amide bonds. The summed E-state index contributed by atoms with van der Waals surface area (Å²) < 4.78 is 0. The van der Waals surface area contributed by atoms with Crippen molar-refractivity contribution in [2.45, 2.75) is 18.1 Å². The zero-order valence-electron chi connectivity index (χ0n) is 9.63. The largest absolute Gasteiger partial charge is 0.363 e. The lowest BCUT2D eigenvalue weighted by molar-refractivity contribution is -0.383. The number of anilines is 2. The van der Waals surface area contributed by atoms with E-state index in [1.807, 2.05) is 11.8 Å². The van der Waals surface area contributed by atoms with E-state index in [-0.39, 0.29) is 17.3 Å². The fourth-order valence-electron chi connectivity index (χ4n) is 1.80. The second kappa shape index (κ2) is 5.83. The minimum Gasteiger partial charge on any atom is -0.363 e. The summed E-state index contributed by atoms with van der Waals surface area (Å²) >= 11 is 1.87. The molecule has 1 aliphatic heterocycles. The quantitative estimate of drug-likeness (QED) is 0.411. The van der Waals surface area contributed by atoms with Crippen molar-refractivity contribution in [2.24, 2.45) is 5.84 Å². The summed E-state index contributed by atoms with van der Waals surface area (Å²) in [5, 5.41) is 14.5. The molecule has 1 saturated heterocycles. The molecule has 0 aliphatic carbocycles. The van der Waals surface area contributed by atoms with Crippen molar-refractivity contribution < 1.29 is 4.92 Å². The lowest BCUT2D eigenvalue weighted by Gasteiger charge is -2.11. The summed E-state index contributed by atoms with van der Waals surface area (Å²) in [6.45, 7) is 0.659. The first-order valence-corrected chi connectivity index (χ1v) is 6.58. The fraction of sp³-hybridized carbons (Fsp3) is 0.556. The summed E-state index contributed by atoms with van der Waals surface area (Å²) in [7, 11) is 0. The number of nitrogens with one attached hydrogen (secondary N) is 2. The first-order chi connectivity index (χ1) is 8.72. The number of hydrazine groups is 1. The standard InChI is InChI=1S/C9H14N6O2S/c10-14-9-7(15(16)17)8(12-5-13-9)11-4-6-2-1-3-18-6/h5-6H,1-4,10H2,(H2,11,12,13,14). The molecular weight excluding hydrogens is 256 g/mol. The Kier molecular flexibility index (Phi) is 4.15. The van der Waals surface area contributed by atoms with Gasteiger partial charge in [-0.3, -0.25) is 10.1 Å². The summed E-state index contributed by atoms with van der Waals surface area (Å²) in [6.07, 6.45) is 3.56. The van der Waals surface area contributed by atoms with Crippen LogP contribution in [0.1, 0.15) is 12.8 Å². The molecule has 1 aromatic rings. The van der Waals surface area contributed by atoms with Crippen molar-refractivity contribution in [3.63, 3.8) is 0 Å². The Morgan fingerprint density at radius 2 is 2.33 bits per heavy atom. The van der Waals surface area contributed by atoms with Gasteiger partial charge in [0, 0.05) is 11.8 Å². The average Bonchev–Trinajstić information content (AvgIpc) is 2.88. The van der Waals surface area contributed by atoms with Gasteiger partial charge in [0.05, 0.1) is 4.92 Å². The van der Waals surface area contributed by atoms with Crippen molar-refractivity contribution in [1.82, 2.24) is 9.97 Å². The molecule has 0 bridgehead atoms. The van der Waals surface area contributed by atoms with Crippen LogP contribution in [0.4, 0.5) is 17.3 Å². The molecular formula is C9H14N6O2S. The van der Waals surface area contributed by atoms with Gasteiger partial charge < -0.3 is 10.7 Å². The highest BCUT2D eigenvalue weighted by molar-refractivity contribution is 8.00. The molecule has 8 nitrogen and oxygen atoms in total. The number of aromatic nitrogens is 2. The van der Waals surface area contributed by atoms with E-state index in [0.29, 0.717) is 11.8 Å². The molecule has 98 valence electrons. The molecule has 2 heterocycles. The molecule has 18 heavy (non-hydrogen) atoms. The molecule has 0 radical (unpaired) electrons. The van der Waals surface area contributed by atoms with Gasteiger partial charge in [0.1, 0.15) is 6.33 Å². The number of nitrogens with two attached hydrogens (primary N) is 1. The van der Waals surface area contributed by atoms with Crippen LogP contribution in [0.2, 0.25) is 0 Å². The van der Waals surface area contributed by atoms with Crippen LogP contribution in [0.3, 0.4) is 0 Å². The van der Waals surface area contributed by atoms with Crippen LogP contribution in [0.15, 0.2) is 6.33 Å². The molecule has 1 aromatic heterocycles. The van der Waals surface area contributed by atoms with E-state index in [2.05, 4.69) is 20.7 Å². The topological polar surface area (TPSA) is 119 Å². The van der Waals surface area contributed by atoms with E-state index in [9.17, 15) is 10.1 Å². The van der Waals surface area contributed by atoms with Crippen molar-refractivity contribution in [2.75, 3.05) is 23.0 Å². The third-order valence-electron chi connectivity index (χ3n) is 2.66. The SMILES string of the molecule is NNc1ncnc(NCC2CCCS2)c1[N+](=O)[O-]. The first-order valence-electron chi connectivity index (χ1n) is 5.54. The second-order valence-corrected chi connectivity index (χ2v) is 5.25. The van der Waals surface area contributed by atoms with E-state index in [4.69, 9.17) is 5.84 Å². The third-order valence-corrected chi connectivity index (χ3v) is 4.06. The molecule has 1 unspecified atom stereocenters. The first kappa shape index (κ1) is 12.8. The van der Waals surface area contributed by atoms with Crippen molar-refractivity contribution >= 4 is 29.1 Å². The van der Waals surface area contributed by atoms with E-state index in [1.54, 1.807) is 0 Å². The normalized spacial score (nSPS) is 18.6. The molecule has 9 heteroatoms. The summed E-state index contributed by atoms with van der Waals surface area (Å²) in [5.41, 5.74) is 1.99. The number of nitrogen functional groups attached to an aromatic ring is 1. The molecule has 4 N–H and O–H groups in total. The summed E-state index contributed by atoms with van der Waals surface area (Å²) in [4.78, 5) is 18.1. The van der Waals surface area contributed by atoms with Crippen LogP contribution in [-0.2, 0) is 0 Å².